The SMILES string of the molecule is CCOC(=O)c1cn2[nH]ccc(=O)c2c1C. The Morgan fingerprint density at radius 2 is 2.31 bits per heavy atom. The third-order valence-corrected chi connectivity index (χ3v) is 2.44. The van der Waals surface area contributed by atoms with Crippen LogP contribution in [0.5, 0.6) is 0 Å². The van der Waals surface area contributed by atoms with E-state index in [-0.39, 0.29) is 5.43 Å². The first-order valence-electron chi connectivity index (χ1n) is 5.01. The van der Waals surface area contributed by atoms with Crippen molar-refractivity contribution in [2.24, 2.45) is 0 Å². The van der Waals surface area contributed by atoms with E-state index >= 15 is 0 Å². The van der Waals surface area contributed by atoms with Gasteiger partial charge >= 0.3 is 5.97 Å². The molecule has 0 saturated heterocycles. The maximum absolute atomic E-state index is 11.6. The van der Waals surface area contributed by atoms with Crippen LogP contribution in [0.1, 0.15) is 22.8 Å². The highest BCUT2D eigenvalue weighted by Crippen LogP contribution is 2.14. The van der Waals surface area contributed by atoms with Crippen molar-refractivity contribution >= 4 is 11.5 Å². The zero-order chi connectivity index (χ0) is 11.7. The van der Waals surface area contributed by atoms with Crippen LogP contribution in [-0.4, -0.2) is 22.2 Å². The van der Waals surface area contributed by atoms with E-state index in [1.165, 1.54) is 16.8 Å². The van der Waals surface area contributed by atoms with Crippen molar-refractivity contribution < 1.29 is 9.53 Å². The number of aromatic nitrogens is 2. The van der Waals surface area contributed by atoms with Gasteiger partial charge in [-0.05, 0) is 19.4 Å². The Morgan fingerprint density at radius 3 is 2.94 bits per heavy atom. The number of carbonyl (C=O) groups excluding carboxylic acids is 1. The highest BCUT2D eigenvalue weighted by atomic mass is 16.5. The summed E-state index contributed by atoms with van der Waals surface area (Å²) in [5.41, 5.74) is 1.42. The molecule has 0 saturated carbocycles. The van der Waals surface area contributed by atoms with E-state index in [2.05, 4.69) is 5.10 Å². The smallest absolute Gasteiger partial charge is 0.340 e. The Hall–Kier alpha value is -2.04. The Bertz CT molecular complexity index is 595. The summed E-state index contributed by atoms with van der Waals surface area (Å²) >= 11 is 0. The molecule has 0 spiro atoms. The van der Waals surface area contributed by atoms with Gasteiger partial charge in [-0.3, -0.25) is 9.31 Å². The first kappa shape index (κ1) is 10.5. The van der Waals surface area contributed by atoms with E-state index < -0.39 is 5.97 Å². The number of H-pyrrole nitrogens is 1. The highest BCUT2D eigenvalue weighted by molar-refractivity contribution is 5.93. The van der Waals surface area contributed by atoms with Crippen molar-refractivity contribution in [2.75, 3.05) is 6.61 Å². The zero-order valence-electron chi connectivity index (χ0n) is 9.11. The molecule has 84 valence electrons. The Kier molecular flexibility index (Phi) is 2.52. The molecule has 0 atom stereocenters. The van der Waals surface area contributed by atoms with E-state index in [4.69, 9.17) is 4.74 Å². The van der Waals surface area contributed by atoms with E-state index in [9.17, 15) is 9.59 Å². The molecule has 2 heterocycles. The monoisotopic (exact) mass is 220 g/mol. The minimum atomic E-state index is -0.406. The maximum Gasteiger partial charge on any atom is 0.340 e. The normalized spacial score (nSPS) is 10.6. The van der Waals surface area contributed by atoms with Gasteiger partial charge in [-0.2, -0.15) is 0 Å². The van der Waals surface area contributed by atoms with Gasteiger partial charge in [0.05, 0.1) is 12.2 Å². The summed E-state index contributed by atoms with van der Waals surface area (Å²) in [6, 6.07) is 1.43. The molecule has 2 aromatic rings. The molecule has 16 heavy (non-hydrogen) atoms. The number of hydrogen-bond donors (Lipinski definition) is 1. The number of hydrogen-bond acceptors (Lipinski definition) is 3. The standard InChI is InChI=1S/C11H12N2O3/c1-3-16-11(15)8-6-13-10(7(8)2)9(14)4-5-12-13/h4-6,12H,3H2,1-2H3. The zero-order valence-corrected chi connectivity index (χ0v) is 9.11. The Morgan fingerprint density at radius 1 is 1.56 bits per heavy atom. The lowest BCUT2D eigenvalue weighted by molar-refractivity contribution is 0.0525. The number of aromatic amines is 1. The second-order valence-corrected chi connectivity index (χ2v) is 3.43. The summed E-state index contributed by atoms with van der Waals surface area (Å²) in [7, 11) is 0. The predicted octanol–water partition coefficient (Wildman–Crippen LogP) is 1.11. The van der Waals surface area contributed by atoms with Crippen molar-refractivity contribution in [3.8, 4) is 0 Å². The average Bonchev–Trinajstić information content (AvgIpc) is 2.58. The largest absolute Gasteiger partial charge is 0.462 e. The molecule has 0 unspecified atom stereocenters. The van der Waals surface area contributed by atoms with Gasteiger partial charge in [0.15, 0.2) is 0 Å². The molecule has 2 aromatic heterocycles. The minimum Gasteiger partial charge on any atom is -0.462 e. The molecule has 0 bridgehead atoms. The fourth-order valence-electron chi connectivity index (χ4n) is 1.69. The van der Waals surface area contributed by atoms with Crippen molar-refractivity contribution in [3.05, 3.63) is 39.8 Å². The fraction of sp³-hybridized carbons (Fsp3) is 0.273. The number of nitrogens with one attached hydrogen (secondary N) is 1. The molecule has 5 nitrogen and oxygen atoms in total. The van der Waals surface area contributed by atoms with Crippen molar-refractivity contribution in [1.29, 1.82) is 0 Å². The van der Waals surface area contributed by atoms with E-state index in [0.29, 0.717) is 23.3 Å². The van der Waals surface area contributed by atoms with Crippen molar-refractivity contribution in [3.63, 3.8) is 0 Å². The van der Waals surface area contributed by atoms with E-state index in [0.717, 1.165) is 0 Å². The van der Waals surface area contributed by atoms with Crippen LogP contribution in [0.25, 0.3) is 5.52 Å². The number of fused-ring (bicyclic) bond motifs is 1. The van der Waals surface area contributed by atoms with Crippen LogP contribution in [0.15, 0.2) is 23.3 Å². The van der Waals surface area contributed by atoms with E-state index in [1.807, 2.05) is 0 Å². The quantitative estimate of drug-likeness (QED) is 0.771. The third-order valence-electron chi connectivity index (χ3n) is 2.44. The van der Waals surface area contributed by atoms with Gasteiger partial charge in [0.25, 0.3) is 0 Å². The molecule has 0 fully saturated rings. The number of aryl methyl sites for hydroxylation is 1. The number of carbonyl (C=O) groups is 1. The van der Waals surface area contributed by atoms with Crippen LogP contribution in [0.4, 0.5) is 0 Å². The van der Waals surface area contributed by atoms with Gasteiger partial charge in [-0.25, -0.2) is 4.79 Å². The molecule has 0 aromatic carbocycles. The third kappa shape index (κ3) is 1.50. The molecule has 1 N–H and O–H groups in total. The molecular formula is C11H12N2O3. The fourth-order valence-corrected chi connectivity index (χ4v) is 1.69. The van der Waals surface area contributed by atoms with Gasteiger partial charge < -0.3 is 9.84 Å². The number of rotatable bonds is 2. The molecule has 0 aliphatic rings. The molecule has 0 aliphatic carbocycles. The second-order valence-electron chi connectivity index (χ2n) is 3.43. The van der Waals surface area contributed by atoms with Crippen LogP contribution >= 0.6 is 0 Å². The van der Waals surface area contributed by atoms with Gasteiger partial charge in [-0.15, -0.1) is 0 Å². The summed E-state index contributed by atoms with van der Waals surface area (Å²) in [4.78, 5) is 23.2. The summed E-state index contributed by atoms with van der Waals surface area (Å²) < 4.78 is 6.44. The van der Waals surface area contributed by atoms with Gasteiger partial charge in [-0.1, -0.05) is 0 Å². The summed E-state index contributed by atoms with van der Waals surface area (Å²) in [5, 5.41) is 2.86. The Balaban J connectivity index is 2.65. The van der Waals surface area contributed by atoms with Gasteiger partial charge in [0, 0.05) is 18.5 Å². The second kappa shape index (κ2) is 3.84. The molecule has 0 radical (unpaired) electrons. The van der Waals surface area contributed by atoms with Crippen LogP contribution in [0, 0.1) is 6.92 Å². The van der Waals surface area contributed by atoms with Crippen LogP contribution < -0.4 is 5.43 Å². The molecule has 0 amide bonds. The minimum absolute atomic E-state index is 0.119. The molecule has 5 heteroatoms. The topological polar surface area (TPSA) is 63.6 Å². The lowest BCUT2D eigenvalue weighted by Crippen LogP contribution is -2.06. The maximum atomic E-state index is 11.6. The van der Waals surface area contributed by atoms with E-state index in [1.54, 1.807) is 20.0 Å². The predicted molar refractivity (Wildman–Crippen MR) is 58.7 cm³/mol. The molecular weight excluding hydrogens is 208 g/mol. The number of ether oxygens (including phenoxy) is 1. The molecule has 0 aliphatic heterocycles. The summed E-state index contributed by atoms with van der Waals surface area (Å²) in [6.45, 7) is 3.80. The average molecular weight is 220 g/mol. The Labute approximate surface area is 91.6 Å². The first-order chi connectivity index (χ1) is 7.65. The van der Waals surface area contributed by atoms with Crippen molar-refractivity contribution in [2.45, 2.75) is 13.8 Å². The lowest BCUT2D eigenvalue weighted by Gasteiger charge is -1.98. The summed E-state index contributed by atoms with van der Waals surface area (Å²) in [6.07, 6.45) is 3.10. The van der Waals surface area contributed by atoms with Gasteiger partial charge in [0.2, 0.25) is 5.43 Å². The number of esters is 1. The number of nitrogens with zero attached hydrogens (tertiary/aromatic N) is 1. The lowest BCUT2D eigenvalue weighted by atomic mass is 10.2. The van der Waals surface area contributed by atoms with Crippen LogP contribution in [0.3, 0.4) is 0 Å². The highest BCUT2D eigenvalue weighted by Gasteiger charge is 2.16. The van der Waals surface area contributed by atoms with Crippen molar-refractivity contribution in [1.82, 2.24) is 9.61 Å². The molecule has 2 rings (SSSR count). The van der Waals surface area contributed by atoms with Crippen LogP contribution in [-0.2, 0) is 4.74 Å². The van der Waals surface area contributed by atoms with Crippen LogP contribution in [0.2, 0.25) is 0 Å². The summed E-state index contributed by atoms with van der Waals surface area (Å²) in [5.74, 6) is -0.406. The first-order valence-corrected chi connectivity index (χ1v) is 5.01. The van der Waals surface area contributed by atoms with Gasteiger partial charge in [0.1, 0.15) is 5.52 Å².